The number of sulfonamides is 1. The Morgan fingerprint density at radius 2 is 2.00 bits per heavy atom. The maximum absolute atomic E-state index is 12.2. The third-order valence-corrected chi connectivity index (χ3v) is 4.20. The average Bonchev–Trinajstić information content (AvgIpc) is 2.41. The van der Waals surface area contributed by atoms with Crippen LogP contribution in [0.1, 0.15) is 0 Å². The van der Waals surface area contributed by atoms with Gasteiger partial charge in [-0.05, 0) is 18.2 Å². The zero-order valence-corrected chi connectivity index (χ0v) is 12.5. The second-order valence-corrected chi connectivity index (χ2v) is 6.35. The number of hydrogen-bond donors (Lipinski definition) is 2. The molecule has 0 fully saturated rings. The first-order chi connectivity index (χ1) is 9.79. The third-order valence-electron chi connectivity index (χ3n) is 2.33. The first kappa shape index (κ1) is 15.1. The number of halogens is 1. The summed E-state index contributed by atoms with van der Waals surface area (Å²) in [5, 5.41) is 16.4. The maximum atomic E-state index is 12.2. The molecule has 11 heteroatoms. The summed E-state index contributed by atoms with van der Waals surface area (Å²) >= 11 is 3.05. The van der Waals surface area contributed by atoms with E-state index in [4.69, 9.17) is 0 Å². The van der Waals surface area contributed by atoms with E-state index in [1.165, 1.54) is 6.07 Å². The van der Waals surface area contributed by atoms with Crippen molar-refractivity contribution in [2.45, 2.75) is 4.90 Å². The Morgan fingerprint density at radius 1 is 1.29 bits per heavy atom. The van der Waals surface area contributed by atoms with E-state index in [2.05, 4.69) is 21.0 Å². The Labute approximate surface area is 126 Å². The Hall–Kier alpha value is -2.27. The van der Waals surface area contributed by atoms with Crippen molar-refractivity contribution in [2.24, 2.45) is 0 Å². The molecule has 0 aliphatic carbocycles. The molecule has 0 aliphatic rings. The normalized spacial score (nSPS) is 11.1. The van der Waals surface area contributed by atoms with Gasteiger partial charge in [0.2, 0.25) is 0 Å². The number of aromatic nitrogens is 2. The van der Waals surface area contributed by atoms with Gasteiger partial charge in [0.25, 0.3) is 21.3 Å². The van der Waals surface area contributed by atoms with Gasteiger partial charge < -0.3 is 0 Å². The molecule has 0 bridgehead atoms. The van der Waals surface area contributed by atoms with Crippen LogP contribution in [0, 0.1) is 10.1 Å². The van der Waals surface area contributed by atoms with E-state index in [1.54, 1.807) is 0 Å². The van der Waals surface area contributed by atoms with Crippen LogP contribution in [0.2, 0.25) is 0 Å². The van der Waals surface area contributed by atoms with Crippen molar-refractivity contribution in [3.8, 4) is 0 Å². The van der Waals surface area contributed by atoms with Crippen LogP contribution in [0.5, 0.6) is 0 Å². The lowest BCUT2D eigenvalue weighted by Crippen LogP contribution is -2.17. The number of nitro groups is 1. The highest BCUT2D eigenvalue weighted by Gasteiger charge is 2.26. The lowest BCUT2D eigenvalue weighted by Gasteiger charge is -2.07. The quantitative estimate of drug-likeness (QED) is 0.610. The van der Waals surface area contributed by atoms with Crippen molar-refractivity contribution < 1.29 is 13.3 Å². The van der Waals surface area contributed by atoms with E-state index >= 15 is 0 Å². The second kappa shape index (κ2) is 5.61. The molecule has 2 rings (SSSR count). The van der Waals surface area contributed by atoms with E-state index in [9.17, 15) is 23.3 Å². The van der Waals surface area contributed by atoms with Crippen molar-refractivity contribution in [3.05, 3.63) is 55.3 Å². The number of nitro benzene ring substituents is 1. The van der Waals surface area contributed by atoms with Gasteiger partial charge in [-0.1, -0.05) is 15.9 Å². The van der Waals surface area contributed by atoms with Crippen molar-refractivity contribution in [2.75, 3.05) is 4.72 Å². The van der Waals surface area contributed by atoms with Crippen LogP contribution in [-0.4, -0.2) is 23.5 Å². The minimum atomic E-state index is -4.23. The maximum Gasteiger partial charge on any atom is 0.289 e. The summed E-state index contributed by atoms with van der Waals surface area (Å²) in [6.45, 7) is 0. The highest BCUT2D eigenvalue weighted by molar-refractivity contribution is 9.10. The number of nitrogens with zero attached hydrogens (tertiary/aromatic N) is 2. The summed E-state index contributed by atoms with van der Waals surface area (Å²) in [4.78, 5) is 20.4. The largest absolute Gasteiger partial charge is 0.289 e. The Morgan fingerprint density at radius 3 is 2.57 bits per heavy atom. The average molecular weight is 375 g/mol. The molecule has 0 radical (unpaired) electrons. The van der Waals surface area contributed by atoms with Gasteiger partial charge in [0.1, 0.15) is 0 Å². The molecule has 1 aromatic heterocycles. The highest BCUT2D eigenvalue weighted by atomic mass is 79.9. The number of H-pyrrole nitrogens is 1. The van der Waals surface area contributed by atoms with Gasteiger partial charge in [-0.2, -0.15) is 5.10 Å². The van der Waals surface area contributed by atoms with E-state index in [-0.39, 0.29) is 5.82 Å². The predicted octanol–water partition coefficient (Wildman–Crippen LogP) is 1.24. The second-order valence-electron chi connectivity index (χ2n) is 3.78. The fourth-order valence-corrected chi connectivity index (χ4v) is 3.16. The molecular weight excluding hydrogens is 368 g/mol. The summed E-state index contributed by atoms with van der Waals surface area (Å²) in [5.41, 5.74) is -1.08. The SMILES string of the molecule is O=c1ccc(NS(=O)(=O)c2cc(Br)ccc2[N+](=O)[O-])n[nH]1. The van der Waals surface area contributed by atoms with Crippen LogP contribution in [0.25, 0.3) is 0 Å². The number of hydrogen-bond acceptors (Lipinski definition) is 6. The summed E-state index contributed by atoms with van der Waals surface area (Å²) in [6.07, 6.45) is 0. The smallest absolute Gasteiger partial charge is 0.268 e. The predicted molar refractivity (Wildman–Crippen MR) is 76.5 cm³/mol. The number of rotatable bonds is 4. The molecular formula is C10H7BrN4O5S. The van der Waals surface area contributed by atoms with E-state index < -0.39 is 31.1 Å². The van der Waals surface area contributed by atoms with Crippen molar-refractivity contribution in [1.82, 2.24) is 10.2 Å². The molecule has 0 saturated heterocycles. The molecule has 0 amide bonds. The molecule has 1 heterocycles. The van der Waals surface area contributed by atoms with Gasteiger partial charge in [0.05, 0.1) is 4.92 Å². The summed E-state index contributed by atoms with van der Waals surface area (Å²) in [6, 6.07) is 5.74. The zero-order chi connectivity index (χ0) is 15.6. The third kappa shape index (κ3) is 3.44. The molecule has 0 atom stereocenters. The van der Waals surface area contributed by atoms with Crippen molar-refractivity contribution >= 4 is 37.5 Å². The Bertz CT molecular complexity index is 843. The van der Waals surface area contributed by atoms with Gasteiger partial charge in [0.15, 0.2) is 10.7 Å². The lowest BCUT2D eigenvalue weighted by atomic mass is 10.3. The van der Waals surface area contributed by atoms with Crippen LogP contribution >= 0.6 is 15.9 Å². The lowest BCUT2D eigenvalue weighted by molar-refractivity contribution is -0.387. The van der Waals surface area contributed by atoms with E-state index in [0.29, 0.717) is 4.47 Å². The van der Waals surface area contributed by atoms with E-state index in [1.807, 2.05) is 9.82 Å². The molecule has 0 unspecified atom stereocenters. The Kier molecular flexibility index (Phi) is 4.04. The molecule has 2 aromatic rings. The molecule has 110 valence electrons. The fraction of sp³-hybridized carbons (Fsp3) is 0. The first-order valence-electron chi connectivity index (χ1n) is 5.32. The number of anilines is 1. The van der Waals surface area contributed by atoms with Gasteiger partial charge in [-0.15, -0.1) is 0 Å². The minimum absolute atomic E-state index is 0.163. The van der Waals surface area contributed by atoms with Gasteiger partial charge in [-0.25, -0.2) is 13.5 Å². The molecule has 0 spiro atoms. The fourth-order valence-electron chi connectivity index (χ4n) is 1.45. The zero-order valence-electron chi connectivity index (χ0n) is 10.1. The standard InChI is InChI=1S/C10H7BrN4O5S/c11-6-1-2-7(15(17)18)8(5-6)21(19,20)14-9-3-4-10(16)13-12-9/h1-5H,(H,12,14)(H,13,16). The number of benzene rings is 1. The highest BCUT2D eigenvalue weighted by Crippen LogP contribution is 2.28. The first-order valence-corrected chi connectivity index (χ1v) is 7.60. The molecule has 21 heavy (non-hydrogen) atoms. The van der Waals surface area contributed by atoms with Gasteiger partial charge in [-0.3, -0.25) is 19.6 Å². The van der Waals surface area contributed by atoms with Crippen LogP contribution in [0.15, 0.2) is 44.5 Å². The molecule has 0 aliphatic heterocycles. The molecule has 0 saturated carbocycles. The molecule has 2 N–H and O–H groups in total. The summed E-state index contributed by atoms with van der Waals surface area (Å²) in [7, 11) is -4.23. The van der Waals surface area contributed by atoms with Crippen LogP contribution in [0.4, 0.5) is 11.5 Å². The van der Waals surface area contributed by atoms with Gasteiger partial charge in [0, 0.05) is 16.6 Å². The van der Waals surface area contributed by atoms with Crippen LogP contribution in [-0.2, 0) is 10.0 Å². The summed E-state index contributed by atoms with van der Waals surface area (Å²) < 4.78 is 26.8. The van der Waals surface area contributed by atoms with Crippen molar-refractivity contribution in [1.29, 1.82) is 0 Å². The van der Waals surface area contributed by atoms with Crippen LogP contribution < -0.4 is 10.3 Å². The molecule has 9 nitrogen and oxygen atoms in total. The van der Waals surface area contributed by atoms with Gasteiger partial charge >= 0.3 is 0 Å². The topological polar surface area (TPSA) is 135 Å². The van der Waals surface area contributed by atoms with E-state index in [0.717, 1.165) is 24.3 Å². The number of aromatic amines is 1. The number of nitrogens with one attached hydrogen (secondary N) is 2. The van der Waals surface area contributed by atoms with Crippen LogP contribution in [0.3, 0.4) is 0 Å². The van der Waals surface area contributed by atoms with Crippen molar-refractivity contribution in [3.63, 3.8) is 0 Å². The molecule has 1 aromatic carbocycles. The minimum Gasteiger partial charge on any atom is -0.268 e. The Balaban J connectivity index is 2.49. The summed E-state index contributed by atoms with van der Waals surface area (Å²) in [5.74, 6) is -0.163. The monoisotopic (exact) mass is 374 g/mol.